The molecule has 0 fully saturated rings. The van der Waals surface area contributed by atoms with Gasteiger partial charge in [-0.1, -0.05) is 115 Å². The van der Waals surface area contributed by atoms with E-state index in [1.165, 1.54) is 25.7 Å². The van der Waals surface area contributed by atoms with Crippen molar-refractivity contribution in [3.05, 3.63) is 150 Å². The minimum atomic E-state index is -0.0366. The Hall–Kier alpha value is -6.18. The number of imidazole rings is 1. The summed E-state index contributed by atoms with van der Waals surface area (Å²) in [6.07, 6.45) is 0. The molecule has 0 atom stereocenters. The Morgan fingerprint density at radius 3 is 1.69 bits per heavy atom. The topological polar surface area (TPSA) is 65.6 Å². The van der Waals surface area contributed by atoms with Crippen LogP contribution in [0.3, 0.4) is 0 Å². The normalized spacial score (nSPS) is 11.6. The Morgan fingerprint density at radius 1 is 0.469 bits per heavy atom. The number of fused-ring (bicyclic) bond motifs is 4. The fourth-order valence-corrected chi connectivity index (χ4v) is 7.79. The zero-order valence-corrected chi connectivity index (χ0v) is 27.6. The van der Waals surface area contributed by atoms with Crippen LogP contribution in [0.1, 0.15) is 0 Å². The number of hydrogen-bond donors (Lipinski definition) is 0. The largest absolute Gasteiger partial charge is 0.328 e. The minimum Gasteiger partial charge on any atom is -0.295 e. The number of rotatable bonds is 5. The number of nitrogens with zero attached hydrogens (tertiary/aromatic N) is 5. The van der Waals surface area contributed by atoms with Crippen LogP contribution in [0, 0.1) is 0 Å². The maximum Gasteiger partial charge on any atom is 0.328 e. The first kappa shape index (κ1) is 29.0. The van der Waals surface area contributed by atoms with Crippen molar-refractivity contribution in [2.75, 3.05) is 0 Å². The summed E-state index contributed by atoms with van der Waals surface area (Å²) in [4.78, 5) is 27.3. The second kappa shape index (κ2) is 11.5. The maximum absolute atomic E-state index is 12.5. The van der Waals surface area contributed by atoms with E-state index >= 15 is 0 Å². The molecular formula is C42H29N5OS. The van der Waals surface area contributed by atoms with Crippen LogP contribution in [0.25, 0.3) is 87.6 Å². The molecule has 0 saturated heterocycles. The molecule has 7 heteroatoms. The lowest BCUT2D eigenvalue weighted by Gasteiger charge is -2.10. The van der Waals surface area contributed by atoms with Crippen LogP contribution in [-0.2, 0) is 14.1 Å². The first-order valence-corrected chi connectivity index (χ1v) is 16.9. The van der Waals surface area contributed by atoms with Crippen molar-refractivity contribution in [1.29, 1.82) is 0 Å². The predicted molar refractivity (Wildman–Crippen MR) is 202 cm³/mol. The summed E-state index contributed by atoms with van der Waals surface area (Å²) >= 11 is 1.83. The highest BCUT2D eigenvalue weighted by Gasteiger charge is 2.15. The Kier molecular flexibility index (Phi) is 6.81. The third-order valence-corrected chi connectivity index (χ3v) is 10.4. The van der Waals surface area contributed by atoms with Crippen LogP contribution >= 0.6 is 11.3 Å². The van der Waals surface area contributed by atoms with Gasteiger partial charge in [0.15, 0.2) is 17.5 Å². The van der Waals surface area contributed by atoms with Gasteiger partial charge in [-0.15, -0.1) is 11.3 Å². The lowest BCUT2D eigenvalue weighted by Crippen LogP contribution is -2.19. The number of hydrogen-bond acceptors (Lipinski definition) is 5. The maximum atomic E-state index is 12.5. The minimum absolute atomic E-state index is 0.0366. The molecule has 0 N–H and O–H groups in total. The molecule has 6 aromatic carbocycles. The van der Waals surface area contributed by atoms with Crippen LogP contribution in [0.4, 0.5) is 0 Å². The molecule has 0 aliphatic carbocycles. The van der Waals surface area contributed by atoms with Gasteiger partial charge < -0.3 is 0 Å². The van der Waals surface area contributed by atoms with Crippen LogP contribution in [0.2, 0.25) is 0 Å². The van der Waals surface area contributed by atoms with Gasteiger partial charge >= 0.3 is 5.69 Å². The van der Waals surface area contributed by atoms with E-state index in [1.807, 2.05) is 59.9 Å². The molecule has 6 nitrogen and oxygen atoms in total. The lowest BCUT2D eigenvalue weighted by molar-refractivity contribution is 0.795. The summed E-state index contributed by atoms with van der Waals surface area (Å²) in [6.45, 7) is 0. The summed E-state index contributed by atoms with van der Waals surface area (Å²) in [5.74, 6) is 1.85. The van der Waals surface area contributed by atoms with Gasteiger partial charge in [0.05, 0.1) is 11.0 Å². The van der Waals surface area contributed by atoms with Crippen molar-refractivity contribution in [3.8, 4) is 56.4 Å². The summed E-state index contributed by atoms with van der Waals surface area (Å²) in [5, 5.41) is 2.58. The SMILES string of the molecule is Cn1c(=O)n(C)c2cc(-c3ccc(-c4nc(-c5ccccc5)nc(-c5ccc(-c6cccc7sc8ccccc8c67)cc5)n4)cc3)ccc21. The van der Waals surface area contributed by atoms with Crippen molar-refractivity contribution >= 4 is 42.5 Å². The molecule has 0 aliphatic heterocycles. The van der Waals surface area contributed by atoms with Crippen LogP contribution in [0.5, 0.6) is 0 Å². The molecule has 0 unspecified atom stereocenters. The van der Waals surface area contributed by atoms with Crippen LogP contribution in [-0.4, -0.2) is 24.1 Å². The lowest BCUT2D eigenvalue weighted by atomic mass is 9.98. The van der Waals surface area contributed by atoms with E-state index in [0.29, 0.717) is 17.5 Å². The average molecular weight is 652 g/mol. The van der Waals surface area contributed by atoms with Gasteiger partial charge in [-0.25, -0.2) is 19.7 Å². The summed E-state index contributed by atoms with van der Waals surface area (Å²) in [7, 11) is 3.60. The summed E-state index contributed by atoms with van der Waals surface area (Å²) in [6, 6.07) is 48.1. The molecule has 9 rings (SSSR count). The molecule has 0 amide bonds. The van der Waals surface area contributed by atoms with Gasteiger partial charge in [-0.3, -0.25) is 9.13 Å². The fourth-order valence-electron chi connectivity index (χ4n) is 6.66. The first-order chi connectivity index (χ1) is 24.0. The predicted octanol–water partition coefficient (Wildman–Crippen LogP) is 9.76. The van der Waals surface area contributed by atoms with Crippen LogP contribution in [0.15, 0.2) is 144 Å². The molecule has 0 saturated carbocycles. The van der Waals surface area contributed by atoms with Gasteiger partial charge in [0.2, 0.25) is 0 Å². The monoisotopic (exact) mass is 651 g/mol. The van der Waals surface area contributed by atoms with Crippen molar-refractivity contribution in [3.63, 3.8) is 0 Å². The highest BCUT2D eigenvalue weighted by atomic mass is 32.1. The molecule has 9 aromatic rings. The van der Waals surface area contributed by atoms with Gasteiger partial charge in [-0.05, 0) is 46.5 Å². The highest BCUT2D eigenvalue weighted by molar-refractivity contribution is 7.25. The smallest absolute Gasteiger partial charge is 0.295 e. The number of benzene rings is 6. The van der Waals surface area contributed by atoms with Crippen molar-refractivity contribution in [2.45, 2.75) is 0 Å². The third-order valence-electron chi connectivity index (χ3n) is 9.27. The number of aromatic nitrogens is 5. The first-order valence-electron chi connectivity index (χ1n) is 16.1. The Bertz CT molecular complexity index is 2740. The quantitative estimate of drug-likeness (QED) is 0.186. The molecular weight excluding hydrogens is 623 g/mol. The third kappa shape index (κ3) is 4.94. The zero-order chi connectivity index (χ0) is 33.1. The van der Waals surface area contributed by atoms with E-state index in [9.17, 15) is 4.79 Å². The Labute approximate surface area is 286 Å². The Balaban J connectivity index is 1.10. The molecule has 3 aromatic heterocycles. The number of thiophene rings is 1. The van der Waals surface area contributed by atoms with Gasteiger partial charge in [0.25, 0.3) is 0 Å². The van der Waals surface area contributed by atoms with Crippen molar-refractivity contribution in [2.24, 2.45) is 14.1 Å². The number of aryl methyl sites for hydroxylation is 2. The average Bonchev–Trinajstić information content (AvgIpc) is 3.65. The van der Waals surface area contributed by atoms with Crippen LogP contribution < -0.4 is 5.69 Å². The van der Waals surface area contributed by atoms with E-state index in [4.69, 9.17) is 15.0 Å². The molecule has 3 heterocycles. The second-order valence-corrected chi connectivity index (χ2v) is 13.3. The zero-order valence-electron chi connectivity index (χ0n) is 26.8. The molecule has 0 spiro atoms. The van der Waals surface area contributed by atoms with Gasteiger partial charge in [0, 0.05) is 51.0 Å². The fraction of sp³-hybridized carbons (Fsp3) is 0.0476. The van der Waals surface area contributed by atoms with Crippen molar-refractivity contribution in [1.82, 2.24) is 24.1 Å². The highest BCUT2D eigenvalue weighted by Crippen LogP contribution is 2.40. The second-order valence-electron chi connectivity index (χ2n) is 12.2. The summed E-state index contributed by atoms with van der Waals surface area (Å²) in [5.41, 5.74) is 8.96. The van der Waals surface area contributed by atoms with Gasteiger partial charge in [0.1, 0.15) is 0 Å². The standard InChI is InChI=1S/C42H29N5OS/c1-46-34-24-23-31(25-35(34)47(2)42(46)48)26-15-19-29(20-16-26)40-43-39(28-9-4-3-5-10-28)44-41(45-40)30-21-17-27(18-22-30)32-12-8-14-37-38(32)33-11-6-7-13-36(33)49-37/h3-25H,1-2H3. The van der Waals surface area contributed by atoms with Crippen molar-refractivity contribution < 1.29 is 0 Å². The molecule has 234 valence electrons. The molecule has 0 radical (unpaired) electrons. The summed E-state index contributed by atoms with van der Waals surface area (Å²) < 4.78 is 5.94. The van der Waals surface area contributed by atoms with E-state index in [2.05, 4.69) is 91.0 Å². The van der Waals surface area contributed by atoms with E-state index in [1.54, 1.807) is 23.2 Å². The van der Waals surface area contributed by atoms with Gasteiger partial charge in [-0.2, -0.15) is 0 Å². The van der Waals surface area contributed by atoms with E-state index in [-0.39, 0.29) is 5.69 Å². The molecule has 0 bridgehead atoms. The van der Waals surface area contributed by atoms with E-state index < -0.39 is 0 Å². The molecule has 0 aliphatic rings. The molecule has 49 heavy (non-hydrogen) atoms. The Morgan fingerprint density at radius 2 is 1.00 bits per heavy atom. The van der Waals surface area contributed by atoms with E-state index in [0.717, 1.165) is 44.4 Å².